The quantitative estimate of drug-likeness (QED) is 0.203. The molecular weight excluding hydrogens is 614 g/mol. The Hall–Kier alpha value is -4.31. The molecule has 1 amide bonds. The largest absolute Gasteiger partial charge is 0.461 e. The number of alkyl halides is 1. The predicted octanol–water partition coefficient (Wildman–Crippen LogP) is 5.00. The van der Waals surface area contributed by atoms with E-state index in [1.807, 2.05) is 0 Å². The third-order valence-electron chi connectivity index (χ3n) is 10.8. The number of carbonyl (C=O) groups is 1. The number of anilines is 1. The van der Waals surface area contributed by atoms with Crippen LogP contribution in [-0.2, 0) is 11.2 Å². The van der Waals surface area contributed by atoms with Crippen LogP contribution in [-0.4, -0.2) is 94.3 Å². The normalized spacial score (nSPS) is 27.8. The maximum Gasteiger partial charge on any atom is 0.319 e. The standard InChI is InChI=1S/C34H33F4N7O2/c1-18(35)32(46)45-9-8-43(16-21(45)13-39-2)31-25-14-40-29(22-4-5-26(37)27-23-10-19(23)11-24(22)27)28(38)30(25)41-33(42-31)47-17-34-6-3-7-44(34)15-20(36)12-34/h4-5,14,19-21,23H,1,3,6-13,15-17H2/t19-,20-,21+,23-,34+/m1/s1. The summed E-state index contributed by atoms with van der Waals surface area (Å²) in [6, 6.07) is 2.18. The van der Waals surface area contributed by atoms with Crippen LogP contribution in [0.1, 0.15) is 42.7 Å². The molecule has 8 rings (SSSR count). The lowest BCUT2D eigenvalue weighted by Crippen LogP contribution is -2.56. The molecule has 0 spiro atoms. The molecule has 244 valence electrons. The number of benzene rings is 1. The van der Waals surface area contributed by atoms with E-state index >= 15 is 4.39 Å². The van der Waals surface area contributed by atoms with Gasteiger partial charge >= 0.3 is 6.01 Å². The summed E-state index contributed by atoms with van der Waals surface area (Å²) in [6.07, 6.45) is 4.16. The first-order chi connectivity index (χ1) is 22.7. The molecule has 5 heterocycles. The van der Waals surface area contributed by atoms with Gasteiger partial charge in [0.2, 0.25) is 6.54 Å². The lowest BCUT2D eigenvalue weighted by Gasteiger charge is -2.39. The van der Waals surface area contributed by atoms with Gasteiger partial charge in [-0.2, -0.15) is 9.97 Å². The van der Waals surface area contributed by atoms with Gasteiger partial charge in [-0.3, -0.25) is 14.7 Å². The number of ether oxygens (including phenoxy) is 1. The first kappa shape index (κ1) is 30.1. The number of rotatable bonds is 7. The van der Waals surface area contributed by atoms with E-state index in [4.69, 9.17) is 16.3 Å². The summed E-state index contributed by atoms with van der Waals surface area (Å²) in [5.41, 5.74) is 1.50. The van der Waals surface area contributed by atoms with E-state index in [0.717, 1.165) is 31.4 Å². The monoisotopic (exact) mass is 647 g/mol. The van der Waals surface area contributed by atoms with E-state index in [-0.39, 0.29) is 61.7 Å². The first-order valence-electron chi connectivity index (χ1n) is 16.1. The number of piperazine rings is 1. The summed E-state index contributed by atoms with van der Waals surface area (Å²) < 4.78 is 66.0. The van der Waals surface area contributed by atoms with Gasteiger partial charge in [-0.05, 0) is 67.3 Å². The number of pyridine rings is 1. The van der Waals surface area contributed by atoms with Gasteiger partial charge in [-0.1, -0.05) is 6.58 Å². The van der Waals surface area contributed by atoms with Crippen LogP contribution in [0.3, 0.4) is 0 Å². The maximum atomic E-state index is 16.7. The number of nitrogens with zero attached hydrogens (tertiary/aromatic N) is 7. The molecule has 2 aromatic heterocycles. The van der Waals surface area contributed by atoms with E-state index in [0.29, 0.717) is 47.6 Å². The van der Waals surface area contributed by atoms with Crippen molar-refractivity contribution in [1.29, 1.82) is 0 Å². The zero-order chi connectivity index (χ0) is 32.6. The Kier molecular flexibility index (Phi) is 7.13. The highest BCUT2D eigenvalue weighted by molar-refractivity contribution is 5.93. The van der Waals surface area contributed by atoms with Gasteiger partial charge in [0.25, 0.3) is 5.91 Å². The van der Waals surface area contributed by atoms with Crippen LogP contribution in [0.5, 0.6) is 6.01 Å². The van der Waals surface area contributed by atoms with Crippen LogP contribution < -0.4 is 9.64 Å². The van der Waals surface area contributed by atoms with Crippen LogP contribution in [0.25, 0.3) is 27.0 Å². The van der Waals surface area contributed by atoms with Gasteiger partial charge in [0.05, 0.1) is 10.9 Å². The summed E-state index contributed by atoms with van der Waals surface area (Å²) in [4.78, 5) is 34.9. The van der Waals surface area contributed by atoms with E-state index in [2.05, 4.69) is 26.3 Å². The van der Waals surface area contributed by atoms with Crippen molar-refractivity contribution >= 4 is 22.6 Å². The molecule has 3 saturated heterocycles. The minimum Gasteiger partial charge on any atom is -0.461 e. The van der Waals surface area contributed by atoms with Crippen molar-refractivity contribution in [2.75, 3.05) is 50.8 Å². The number of halogens is 4. The molecule has 13 heteroatoms. The number of aromatic nitrogens is 3. The zero-order valence-corrected chi connectivity index (χ0v) is 25.7. The zero-order valence-electron chi connectivity index (χ0n) is 25.7. The van der Waals surface area contributed by atoms with Gasteiger partial charge in [0.1, 0.15) is 41.7 Å². The van der Waals surface area contributed by atoms with Gasteiger partial charge in [-0.15, -0.1) is 0 Å². The molecule has 3 aromatic rings. The van der Waals surface area contributed by atoms with Crippen molar-refractivity contribution in [2.24, 2.45) is 5.92 Å². The number of amides is 1. The highest BCUT2D eigenvalue weighted by atomic mass is 19.1. The topological polar surface area (TPSA) is 79.1 Å². The Morgan fingerprint density at radius 3 is 2.85 bits per heavy atom. The van der Waals surface area contributed by atoms with E-state index < -0.39 is 35.3 Å². The van der Waals surface area contributed by atoms with E-state index in [9.17, 15) is 18.0 Å². The molecule has 2 aliphatic carbocycles. The molecule has 47 heavy (non-hydrogen) atoms. The van der Waals surface area contributed by atoms with E-state index in [1.54, 1.807) is 11.0 Å². The van der Waals surface area contributed by atoms with Gasteiger partial charge in [-0.25, -0.2) is 24.1 Å². The van der Waals surface area contributed by atoms with Crippen LogP contribution in [0.15, 0.2) is 30.7 Å². The Morgan fingerprint density at radius 2 is 2.04 bits per heavy atom. The molecule has 0 unspecified atom stereocenters. The van der Waals surface area contributed by atoms with Crippen LogP contribution in [0.2, 0.25) is 0 Å². The maximum absolute atomic E-state index is 16.7. The van der Waals surface area contributed by atoms with Crippen LogP contribution >= 0.6 is 0 Å². The summed E-state index contributed by atoms with van der Waals surface area (Å²) in [6.45, 7) is 12.1. The average molecular weight is 648 g/mol. The summed E-state index contributed by atoms with van der Waals surface area (Å²) in [5, 5.41) is 0.293. The molecule has 0 radical (unpaired) electrons. The number of hydrogen-bond acceptors (Lipinski definition) is 7. The second-order valence-electron chi connectivity index (χ2n) is 13.5. The van der Waals surface area contributed by atoms with Crippen LogP contribution in [0, 0.1) is 24.1 Å². The number of fused-ring (bicyclic) bond motifs is 5. The molecule has 0 bridgehead atoms. The second kappa shape index (κ2) is 11.1. The highest BCUT2D eigenvalue weighted by Gasteiger charge is 2.50. The average Bonchev–Trinajstić information content (AvgIpc) is 3.36. The highest BCUT2D eigenvalue weighted by Crippen LogP contribution is 2.58. The van der Waals surface area contributed by atoms with Gasteiger partial charge in [0, 0.05) is 44.4 Å². The molecule has 5 aliphatic rings. The Bertz CT molecular complexity index is 1870. The fourth-order valence-corrected chi connectivity index (χ4v) is 8.46. The van der Waals surface area contributed by atoms with Crippen molar-refractivity contribution in [3.8, 4) is 17.3 Å². The first-order valence-corrected chi connectivity index (χ1v) is 16.1. The van der Waals surface area contributed by atoms with Crippen molar-refractivity contribution in [3.05, 3.63) is 64.9 Å². The number of carbonyl (C=O) groups excluding carboxylic acids is 1. The molecule has 1 aromatic carbocycles. The fraction of sp³-hybridized carbons (Fsp3) is 0.500. The smallest absolute Gasteiger partial charge is 0.319 e. The van der Waals surface area contributed by atoms with Crippen molar-refractivity contribution in [2.45, 2.75) is 55.8 Å². The van der Waals surface area contributed by atoms with Gasteiger partial charge < -0.3 is 19.4 Å². The summed E-state index contributed by atoms with van der Waals surface area (Å²) in [5.74, 6) is -2.12. The molecule has 1 saturated carbocycles. The summed E-state index contributed by atoms with van der Waals surface area (Å²) in [7, 11) is 0. The van der Waals surface area contributed by atoms with E-state index in [1.165, 1.54) is 17.2 Å². The third-order valence-corrected chi connectivity index (χ3v) is 10.8. The molecule has 0 N–H and O–H groups in total. The second-order valence-corrected chi connectivity index (χ2v) is 13.5. The number of hydrogen-bond donors (Lipinski definition) is 0. The summed E-state index contributed by atoms with van der Waals surface area (Å²) >= 11 is 0. The molecule has 3 aliphatic heterocycles. The lowest BCUT2D eigenvalue weighted by atomic mass is 9.95. The SMILES string of the molecule is [C-]#[N+]C[C@H]1CN(c2nc(OC[C@@]34CCCN3C[C@H](F)C4)nc3c(F)c(-c4ccc(F)c5c4C[C@H]4C[C@@H]54)ncc23)CCN1C(=O)C(=C)F. The van der Waals surface area contributed by atoms with Crippen LogP contribution in [0.4, 0.5) is 23.4 Å². The molecule has 4 fully saturated rings. The Balaban J connectivity index is 1.20. The lowest BCUT2D eigenvalue weighted by molar-refractivity contribution is -0.131. The Labute approximate surface area is 269 Å². The minimum atomic E-state index is -1.11. The van der Waals surface area contributed by atoms with Crippen molar-refractivity contribution < 1.29 is 27.1 Å². The molecule has 5 atom stereocenters. The minimum absolute atomic E-state index is 0.0378. The Morgan fingerprint density at radius 1 is 1.19 bits per heavy atom. The predicted molar refractivity (Wildman–Crippen MR) is 165 cm³/mol. The van der Waals surface area contributed by atoms with Crippen molar-refractivity contribution in [3.63, 3.8) is 0 Å². The third kappa shape index (κ3) is 4.91. The molecule has 9 nitrogen and oxygen atoms in total. The van der Waals surface area contributed by atoms with Gasteiger partial charge in [0.15, 0.2) is 11.6 Å². The van der Waals surface area contributed by atoms with Crippen molar-refractivity contribution in [1.82, 2.24) is 24.8 Å². The fourth-order valence-electron chi connectivity index (χ4n) is 8.46. The molecular formula is C34H33F4N7O2.